The minimum Gasteiger partial charge on any atom is -0.488 e. The quantitative estimate of drug-likeness (QED) is 0.738. The van der Waals surface area contributed by atoms with Gasteiger partial charge < -0.3 is 19.0 Å². The van der Waals surface area contributed by atoms with Crippen molar-refractivity contribution in [1.29, 1.82) is 0 Å². The van der Waals surface area contributed by atoms with Gasteiger partial charge in [0, 0.05) is 22.9 Å². The van der Waals surface area contributed by atoms with Crippen molar-refractivity contribution in [3.05, 3.63) is 28.2 Å². The summed E-state index contributed by atoms with van der Waals surface area (Å²) >= 11 is 3.47. The van der Waals surface area contributed by atoms with Crippen molar-refractivity contribution < 1.29 is 19.0 Å². The normalized spacial score (nSPS) is 33.5. The van der Waals surface area contributed by atoms with Crippen molar-refractivity contribution in [3.8, 4) is 5.75 Å². The van der Waals surface area contributed by atoms with E-state index < -0.39 is 11.2 Å². The van der Waals surface area contributed by atoms with Crippen LogP contribution in [0.25, 0.3) is 0 Å². The molecular formula is C15H15BrO4. The second-order valence-corrected chi connectivity index (χ2v) is 6.63. The topological polar surface area (TPSA) is 44.8 Å². The van der Waals surface area contributed by atoms with Gasteiger partial charge in [-0.3, -0.25) is 0 Å². The number of halogens is 1. The fourth-order valence-electron chi connectivity index (χ4n) is 3.66. The number of fused-ring (bicyclic) bond motifs is 3. The molecule has 2 atom stereocenters. The van der Waals surface area contributed by atoms with Gasteiger partial charge in [0.1, 0.15) is 18.1 Å². The van der Waals surface area contributed by atoms with Crippen LogP contribution in [0.15, 0.2) is 22.7 Å². The summed E-state index contributed by atoms with van der Waals surface area (Å²) in [5.41, 5.74) is 0.430. The minimum absolute atomic E-state index is 0.198. The molecule has 1 saturated carbocycles. The molecule has 0 radical (unpaired) electrons. The monoisotopic (exact) mass is 338 g/mol. The number of ether oxygens (including phenoxy) is 3. The zero-order chi connectivity index (χ0) is 13.8. The van der Waals surface area contributed by atoms with Gasteiger partial charge in [0.05, 0.1) is 18.6 Å². The first-order chi connectivity index (χ1) is 9.67. The maximum absolute atomic E-state index is 11.9. The third kappa shape index (κ3) is 1.63. The second kappa shape index (κ2) is 4.29. The van der Waals surface area contributed by atoms with E-state index in [-0.39, 0.29) is 6.10 Å². The first kappa shape index (κ1) is 12.8. The predicted octanol–water partition coefficient (Wildman–Crippen LogP) is 2.57. The molecule has 20 heavy (non-hydrogen) atoms. The molecule has 2 fully saturated rings. The Kier molecular flexibility index (Phi) is 2.75. The van der Waals surface area contributed by atoms with E-state index in [1.807, 2.05) is 18.2 Å². The van der Waals surface area contributed by atoms with Crippen molar-refractivity contribution in [2.45, 2.75) is 36.6 Å². The summed E-state index contributed by atoms with van der Waals surface area (Å²) in [7, 11) is 0. The van der Waals surface area contributed by atoms with Gasteiger partial charge in [-0.1, -0.05) is 15.9 Å². The molecule has 1 spiro atoms. The second-order valence-electron chi connectivity index (χ2n) is 5.72. The van der Waals surface area contributed by atoms with Crippen LogP contribution in [-0.4, -0.2) is 31.4 Å². The van der Waals surface area contributed by atoms with E-state index in [9.17, 15) is 4.79 Å². The lowest BCUT2D eigenvalue weighted by Crippen LogP contribution is -2.52. The number of benzene rings is 1. The average molecular weight is 339 g/mol. The first-order valence-corrected chi connectivity index (χ1v) is 7.68. The molecule has 1 aliphatic carbocycles. The fraction of sp³-hybridized carbons (Fsp3) is 0.533. The summed E-state index contributed by atoms with van der Waals surface area (Å²) in [5.74, 6) is 0.261. The Labute approximate surface area is 125 Å². The molecule has 0 unspecified atom stereocenters. The molecular weight excluding hydrogens is 324 g/mol. The van der Waals surface area contributed by atoms with Gasteiger partial charge >= 0.3 is 0 Å². The molecule has 106 valence electrons. The van der Waals surface area contributed by atoms with Crippen LogP contribution in [0.1, 0.15) is 24.8 Å². The molecule has 4 nitrogen and oxygen atoms in total. The van der Waals surface area contributed by atoms with E-state index in [1.165, 1.54) is 0 Å². The van der Waals surface area contributed by atoms with E-state index in [0.717, 1.165) is 28.5 Å². The van der Waals surface area contributed by atoms with Crippen LogP contribution in [0.2, 0.25) is 0 Å². The highest BCUT2D eigenvalue weighted by molar-refractivity contribution is 9.10. The molecule has 1 aromatic rings. The summed E-state index contributed by atoms with van der Waals surface area (Å²) in [4.78, 5) is 11.9. The molecule has 1 saturated heterocycles. The smallest absolute Gasteiger partial charge is 0.172 e. The maximum atomic E-state index is 11.9. The SMILES string of the molecule is O=C[C@]12CCC3(C[C@H]1Oc1ccc(Br)cc12)OCCO3. The summed E-state index contributed by atoms with van der Waals surface area (Å²) in [6.07, 6.45) is 2.90. The molecule has 0 bridgehead atoms. The van der Waals surface area contributed by atoms with E-state index in [2.05, 4.69) is 15.9 Å². The zero-order valence-electron chi connectivity index (χ0n) is 10.9. The molecule has 2 aliphatic heterocycles. The first-order valence-electron chi connectivity index (χ1n) is 6.88. The van der Waals surface area contributed by atoms with E-state index in [0.29, 0.717) is 26.1 Å². The van der Waals surface area contributed by atoms with Gasteiger partial charge in [-0.05, 0) is 24.6 Å². The van der Waals surface area contributed by atoms with Crippen molar-refractivity contribution in [2.75, 3.05) is 13.2 Å². The Morgan fingerprint density at radius 3 is 2.80 bits per heavy atom. The van der Waals surface area contributed by atoms with Crippen LogP contribution < -0.4 is 4.74 Å². The number of rotatable bonds is 1. The van der Waals surface area contributed by atoms with Gasteiger partial charge in [0.15, 0.2) is 5.79 Å². The summed E-state index contributed by atoms with van der Waals surface area (Å²) in [5, 5.41) is 0. The molecule has 1 aromatic carbocycles. The van der Waals surface area contributed by atoms with Crippen molar-refractivity contribution in [1.82, 2.24) is 0 Å². The van der Waals surface area contributed by atoms with Gasteiger partial charge in [0.25, 0.3) is 0 Å². The van der Waals surface area contributed by atoms with Crippen molar-refractivity contribution in [2.24, 2.45) is 0 Å². The fourth-order valence-corrected chi connectivity index (χ4v) is 4.02. The van der Waals surface area contributed by atoms with Gasteiger partial charge in [-0.15, -0.1) is 0 Å². The summed E-state index contributed by atoms with van der Waals surface area (Å²) in [6.45, 7) is 1.25. The molecule has 3 aliphatic rings. The third-order valence-electron chi connectivity index (χ3n) is 4.73. The predicted molar refractivity (Wildman–Crippen MR) is 74.8 cm³/mol. The molecule has 2 heterocycles. The van der Waals surface area contributed by atoms with Gasteiger partial charge in [0.2, 0.25) is 0 Å². The Morgan fingerprint density at radius 2 is 2.05 bits per heavy atom. The Morgan fingerprint density at radius 1 is 1.25 bits per heavy atom. The number of hydrogen-bond donors (Lipinski definition) is 0. The Bertz CT molecular complexity index is 567. The Hall–Kier alpha value is -0.910. The maximum Gasteiger partial charge on any atom is 0.172 e. The number of carbonyl (C=O) groups is 1. The number of hydrogen-bond acceptors (Lipinski definition) is 4. The summed E-state index contributed by atoms with van der Waals surface area (Å²) < 4.78 is 18.6. The lowest BCUT2D eigenvalue weighted by Gasteiger charge is -2.41. The Balaban J connectivity index is 1.75. The zero-order valence-corrected chi connectivity index (χ0v) is 12.5. The van der Waals surface area contributed by atoms with Crippen LogP contribution in [0.4, 0.5) is 0 Å². The molecule has 5 heteroatoms. The minimum atomic E-state index is -0.556. The van der Waals surface area contributed by atoms with Crippen LogP contribution in [0.3, 0.4) is 0 Å². The molecule has 0 N–H and O–H groups in total. The standard InChI is InChI=1S/C15H15BrO4/c16-10-1-2-12-11(7-10)14(9-17)3-4-15(8-13(14)20-12)18-5-6-19-15/h1-2,7,9,13H,3-6,8H2/t13-,14+/m1/s1. The van der Waals surface area contributed by atoms with Crippen LogP contribution >= 0.6 is 15.9 Å². The average Bonchev–Trinajstić information content (AvgIpc) is 3.02. The summed E-state index contributed by atoms with van der Waals surface area (Å²) in [6, 6.07) is 5.86. The van der Waals surface area contributed by atoms with Crippen LogP contribution in [0.5, 0.6) is 5.75 Å². The van der Waals surface area contributed by atoms with E-state index in [4.69, 9.17) is 14.2 Å². The van der Waals surface area contributed by atoms with Crippen LogP contribution in [-0.2, 0) is 19.7 Å². The number of carbonyl (C=O) groups excluding carboxylic acids is 1. The lowest BCUT2D eigenvalue weighted by molar-refractivity contribution is -0.200. The largest absolute Gasteiger partial charge is 0.488 e. The van der Waals surface area contributed by atoms with Crippen molar-refractivity contribution in [3.63, 3.8) is 0 Å². The van der Waals surface area contributed by atoms with E-state index in [1.54, 1.807) is 0 Å². The van der Waals surface area contributed by atoms with E-state index >= 15 is 0 Å². The van der Waals surface area contributed by atoms with Crippen molar-refractivity contribution >= 4 is 22.2 Å². The molecule has 4 rings (SSSR count). The third-order valence-corrected chi connectivity index (χ3v) is 5.22. The highest BCUT2D eigenvalue weighted by atomic mass is 79.9. The number of aldehydes is 1. The van der Waals surface area contributed by atoms with Crippen LogP contribution in [0, 0.1) is 0 Å². The van der Waals surface area contributed by atoms with Gasteiger partial charge in [-0.2, -0.15) is 0 Å². The van der Waals surface area contributed by atoms with Gasteiger partial charge in [-0.25, -0.2) is 0 Å². The highest BCUT2D eigenvalue weighted by Gasteiger charge is 2.58. The molecule has 0 amide bonds. The lowest BCUT2D eigenvalue weighted by atomic mass is 9.68. The molecule has 0 aromatic heterocycles. The highest BCUT2D eigenvalue weighted by Crippen LogP contribution is 2.53.